The van der Waals surface area contributed by atoms with Crippen LogP contribution in [-0.4, -0.2) is 19.3 Å². The molecule has 106 valence electrons. The molecule has 3 heteroatoms. The molecular formula is C17H19ClO2. The van der Waals surface area contributed by atoms with Crippen molar-refractivity contribution in [2.24, 2.45) is 0 Å². The molecule has 1 heterocycles. The summed E-state index contributed by atoms with van der Waals surface area (Å²) in [6, 6.07) is 12.3. The number of alkyl halides is 1. The Kier molecular flexibility index (Phi) is 3.61. The van der Waals surface area contributed by atoms with Gasteiger partial charge in [0.15, 0.2) is 0 Å². The molecule has 3 rings (SSSR count). The van der Waals surface area contributed by atoms with Crippen LogP contribution in [0.3, 0.4) is 0 Å². The second kappa shape index (κ2) is 5.27. The molecule has 2 nitrogen and oxygen atoms in total. The SMILES string of the molecule is COc1ccc(C(Cl)C2(C)CCCO2)c2ccccc12. The summed E-state index contributed by atoms with van der Waals surface area (Å²) < 4.78 is 11.3. The van der Waals surface area contributed by atoms with Gasteiger partial charge in [-0.25, -0.2) is 0 Å². The fraction of sp³-hybridized carbons (Fsp3) is 0.412. The van der Waals surface area contributed by atoms with E-state index in [0.29, 0.717) is 0 Å². The van der Waals surface area contributed by atoms with Gasteiger partial charge in [0.2, 0.25) is 0 Å². The van der Waals surface area contributed by atoms with Gasteiger partial charge in [-0.1, -0.05) is 30.3 Å². The predicted molar refractivity (Wildman–Crippen MR) is 82.7 cm³/mol. The van der Waals surface area contributed by atoms with Gasteiger partial charge in [0, 0.05) is 12.0 Å². The van der Waals surface area contributed by atoms with E-state index in [9.17, 15) is 0 Å². The van der Waals surface area contributed by atoms with Crippen molar-refractivity contribution in [2.75, 3.05) is 13.7 Å². The number of rotatable bonds is 3. The van der Waals surface area contributed by atoms with E-state index >= 15 is 0 Å². The number of halogens is 1. The molecule has 1 fully saturated rings. The van der Waals surface area contributed by atoms with Crippen LogP contribution >= 0.6 is 11.6 Å². The lowest BCUT2D eigenvalue weighted by Crippen LogP contribution is -2.28. The van der Waals surface area contributed by atoms with Crippen molar-refractivity contribution < 1.29 is 9.47 Å². The second-order valence-electron chi connectivity index (χ2n) is 5.53. The summed E-state index contributed by atoms with van der Waals surface area (Å²) in [5.41, 5.74) is 0.839. The average Bonchev–Trinajstić information content (AvgIpc) is 2.93. The van der Waals surface area contributed by atoms with Gasteiger partial charge in [-0.2, -0.15) is 0 Å². The minimum Gasteiger partial charge on any atom is -0.496 e. The molecule has 0 aliphatic carbocycles. The maximum atomic E-state index is 6.76. The topological polar surface area (TPSA) is 18.5 Å². The average molecular weight is 291 g/mol. The molecule has 0 saturated carbocycles. The predicted octanol–water partition coefficient (Wildman–Crippen LogP) is 4.70. The first-order valence-corrected chi connectivity index (χ1v) is 7.43. The van der Waals surface area contributed by atoms with E-state index in [1.54, 1.807) is 7.11 Å². The number of hydrogen-bond acceptors (Lipinski definition) is 2. The molecule has 0 N–H and O–H groups in total. The summed E-state index contributed by atoms with van der Waals surface area (Å²) in [5, 5.41) is 2.09. The molecule has 1 saturated heterocycles. The first-order chi connectivity index (χ1) is 9.65. The zero-order valence-electron chi connectivity index (χ0n) is 11.9. The normalized spacial score (nSPS) is 23.9. The van der Waals surface area contributed by atoms with Gasteiger partial charge in [0.1, 0.15) is 5.75 Å². The van der Waals surface area contributed by atoms with E-state index in [-0.39, 0.29) is 11.0 Å². The first-order valence-electron chi connectivity index (χ1n) is 6.99. The third-order valence-corrected chi connectivity index (χ3v) is 4.89. The minimum absolute atomic E-state index is 0.152. The van der Waals surface area contributed by atoms with Crippen LogP contribution < -0.4 is 4.74 Å². The van der Waals surface area contributed by atoms with Gasteiger partial charge >= 0.3 is 0 Å². The van der Waals surface area contributed by atoms with Crippen molar-refractivity contribution in [2.45, 2.75) is 30.7 Å². The monoisotopic (exact) mass is 290 g/mol. The maximum Gasteiger partial charge on any atom is 0.126 e. The van der Waals surface area contributed by atoms with E-state index in [4.69, 9.17) is 21.1 Å². The Morgan fingerprint density at radius 3 is 2.60 bits per heavy atom. The van der Waals surface area contributed by atoms with Gasteiger partial charge in [-0.15, -0.1) is 11.6 Å². The molecule has 0 spiro atoms. The number of benzene rings is 2. The lowest BCUT2D eigenvalue weighted by atomic mass is 9.90. The third-order valence-electron chi connectivity index (χ3n) is 4.20. The maximum absolute atomic E-state index is 6.76. The first kappa shape index (κ1) is 13.7. The zero-order chi connectivity index (χ0) is 14.2. The number of hydrogen-bond donors (Lipinski definition) is 0. The van der Waals surface area contributed by atoms with E-state index in [1.165, 1.54) is 0 Å². The second-order valence-corrected chi connectivity index (χ2v) is 5.97. The molecule has 20 heavy (non-hydrogen) atoms. The zero-order valence-corrected chi connectivity index (χ0v) is 12.6. The lowest BCUT2D eigenvalue weighted by molar-refractivity contribution is 0.0167. The Balaban J connectivity index is 2.12. The summed E-state index contributed by atoms with van der Waals surface area (Å²) in [6.07, 6.45) is 2.08. The Labute approximate surface area is 124 Å². The molecule has 0 radical (unpaired) electrons. The Morgan fingerprint density at radius 2 is 1.95 bits per heavy atom. The largest absolute Gasteiger partial charge is 0.496 e. The van der Waals surface area contributed by atoms with Crippen LogP contribution in [0.5, 0.6) is 5.75 Å². The highest BCUT2D eigenvalue weighted by atomic mass is 35.5. The quantitative estimate of drug-likeness (QED) is 0.763. The molecule has 0 bridgehead atoms. The fourth-order valence-corrected chi connectivity index (χ4v) is 3.39. The van der Waals surface area contributed by atoms with E-state index in [0.717, 1.165) is 41.5 Å². The lowest BCUT2D eigenvalue weighted by Gasteiger charge is -2.30. The number of ether oxygens (including phenoxy) is 2. The Hall–Kier alpha value is -1.25. The summed E-state index contributed by atoms with van der Waals surface area (Å²) >= 11 is 6.76. The molecule has 2 atom stereocenters. The van der Waals surface area contributed by atoms with Crippen molar-refractivity contribution in [3.05, 3.63) is 42.0 Å². The van der Waals surface area contributed by atoms with E-state index in [1.807, 2.05) is 18.2 Å². The van der Waals surface area contributed by atoms with Crippen LogP contribution in [0.1, 0.15) is 30.7 Å². The molecule has 2 unspecified atom stereocenters. The Bertz CT molecular complexity index is 617. The van der Waals surface area contributed by atoms with Crippen LogP contribution in [0, 0.1) is 0 Å². The number of methoxy groups -OCH3 is 1. The fourth-order valence-electron chi connectivity index (χ4n) is 3.02. The van der Waals surface area contributed by atoms with Crippen molar-refractivity contribution >= 4 is 22.4 Å². The van der Waals surface area contributed by atoms with Gasteiger partial charge in [-0.3, -0.25) is 0 Å². The van der Waals surface area contributed by atoms with Crippen LogP contribution in [0.15, 0.2) is 36.4 Å². The third kappa shape index (κ3) is 2.17. The van der Waals surface area contributed by atoms with Gasteiger partial charge in [0.25, 0.3) is 0 Å². The molecule has 2 aromatic carbocycles. The highest BCUT2D eigenvalue weighted by molar-refractivity contribution is 6.22. The summed E-state index contributed by atoms with van der Waals surface area (Å²) in [6.45, 7) is 2.91. The molecule has 0 amide bonds. The molecular weight excluding hydrogens is 272 g/mol. The van der Waals surface area contributed by atoms with E-state index < -0.39 is 0 Å². The van der Waals surface area contributed by atoms with Crippen LogP contribution in [-0.2, 0) is 4.74 Å². The van der Waals surface area contributed by atoms with Gasteiger partial charge < -0.3 is 9.47 Å². The molecule has 1 aliphatic heterocycles. The van der Waals surface area contributed by atoms with Crippen molar-refractivity contribution in [3.8, 4) is 5.75 Å². The van der Waals surface area contributed by atoms with Crippen molar-refractivity contribution in [1.82, 2.24) is 0 Å². The van der Waals surface area contributed by atoms with Crippen molar-refractivity contribution in [1.29, 1.82) is 0 Å². The standard InChI is InChI=1S/C17H19ClO2/c1-17(10-5-11-20-17)16(18)14-8-9-15(19-2)13-7-4-3-6-12(13)14/h3-4,6-9,16H,5,10-11H2,1-2H3. The van der Waals surface area contributed by atoms with Crippen LogP contribution in [0.4, 0.5) is 0 Å². The summed E-state index contributed by atoms with van der Waals surface area (Å²) in [7, 11) is 1.70. The van der Waals surface area contributed by atoms with Gasteiger partial charge in [-0.05, 0) is 36.8 Å². The van der Waals surface area contributed by atoms with Crippen LogP contribution in [0.25, 0.3) is 10.8 Å². The smallest absolute Gasteiger partial charge is 0.126 e. The summed E-state index contributed by atoms with van der Waals surface area (Å²) in [5.74, 6) is 0.880. The van der Waals surface area contributed by atoms with E-state index in [2.05, 4.69) is 25.1 Å². The number of fused-ring (bicyclic) bond motifs is 1. The molecule has 2 aromatic rings. The highest BCUT2D eigenvalue weighted by Gasteiger charge is 2.38. The Morgan fingerprint density at radius 1 is 1.20 bits per heavy atom. The van der Waals surface area contributed by atoms with Crippen molar-refractivity contribution in [3.63, 3.8) is 0 Å². The summed E-state index contributed by atoms with van der Waals surface area (Å²) in [4.78, 5) is 0. The molecule has 0 aromatic heterocycles. The molecule has 1 aliphatic rings. The minimum atomic E-state index is -0.279. The van der Waals surface area contributed by atoms with Crippen LogP contribution in [0.2, 0.25) is 0 Å². The highest BCUT2D eigenvalue weighted by Crippen LogP contribution is 2.44. The van der Waals surface area contributed by atoms with Gasteiger partial charge in [0.05, 0.1) is 18.1 Å².